The molecule has 12 nitrogen and oxygen atoms in total. The number of benzene rings is 3. The van der Waals surface area contributed by atoms with Crippen molar-refractivity contribution >= 4 is 29.8 Å². The van der Waals surface area contributed by atoms with E-state index in [0.29, 0.717) is 18.2 Å². The van der Waals surface area contributed by atoms with E-state index in [1.165, 1.54) is 65.5 Å². The maximum Gasteiger partial charge on any atom is 0.339 e. The number of halogens is 3. The van der Waals surface area contributed by atoms with E-state index >= 15 is 4.39 Å². The van der Waals surface area contributed by atoms with Crippen LogP contribution in [0, 0.1) is 40.1 Å². The highest BCUT2D eigenvalue weighted by atomic mass is 32.2. The van der Waals surface area contributed by atoms with Crippen molar-refractivity contribution < 1.29 is 41.7 Å². The molecule has 0 aliphatic carbocycles. The van der Waals surface area contributed by atoms with Gasteiger partial charge in [-0.3, -0.25) is 4.79 Å². The van der Waals surface area contributed by atoms with Crippen LogP contribution in [0.25, 0.3) is 6.08 Å². The molecule has 0 amide bonds. The Kier molecular flexibility index (Phi) is 14.8. The number of rotatable bonds is 16. The van der Waals surface area contributed by atoms with Gasteiger partial charge in [0.1, 0.15) is 36.7 Å². The number of allylic oxidation sites excluding steroid dienone is 2. The molecule has 296 valence electrons. The van der Waals surface area contributed by atoms with Crippen LogP contribution >= 0.6 is 11.8 Å². The average Bonchev–Trinajstić information content (AvgIpc) is 3.71. The Bertz CT molecular complexity index is 2180. The molecule has 2 heterocycles. The maximum absolute atomic E-state index is 16.0. The Morgan fingerprint density at radius 2 is 1.77 bits per heavy atom. The van der Waals surface area contributed by atoms with Gasteiger partial charge in [-0.05, 0) is 63.5 Å². The molecule has 0 N–H and O–H groups in total. The lowest BCUT2D eigenvalue weighted by Gasteiger charge is -2.40. The second-order valence-electron chi connectivity index (χ2n) is 13.2. The van der Waals surface area contributed by atoms with Crippen molar-refractivity contribution in [1.29, 1.82) is 10.5 Å². The van der Waals surface area contributed by atoms with Crippen LogP contribution in [0.15, 0.2) is 85.5 Å². The van der Waals surface area contributed by atoms with E-state index in [1.54, 1.807) is 31.2 Å². The highest BCUT2D eigenvalue weighted by Gasteiger charge is 2.47. The summed E-state index contributed by atoms with van der Waals surface area (Å²) < 4.78 is 69.6. The van der Waals surface area contributed by atoms with Crippen molar-refractivity contribution in [3.63, 3.8) is 0 Å². The van der Waals surface area contributed by atoms with Gasteiger partial charge < -0.3 is 23.8 Å². The lowest BCUT2D eigenvalue weighted by molar-refractivity contribution is -0.146. The fourth-order valence-corrected chi connectivity index (χ4v) is 7.21. The van der Waals surface area contributed by atoms with Gasteiger partial charge in [-0.1, -0.05) is 30.4 Å². The van der Waals surface area contributed by atoms with E-state index < -0.39 is 46.5 Å². The lowest BCUT2D eigenvalue weighted by Crippen LogP contribution is -2.47. The molecule has 1 aliphatic heterocycles. The Hall–Kier alpha value is -5.78. The van der Waals surface area contributed by atoms with E-state index in [1.807, 2.05) is 31.1 Å². The number of esters is 2. The first-order valence-electron chi connectivity index (χ1n) is 17.7. The molecule has 1 aliphatic rings. The summed E-state index contributed by atoms with van der Waals surface area (Å²) in [5.74, 6) is -3.82. The zero-order valence-corrected chi connectivity index (χ0v) is 32.1. The predicted octanol–water partition coefficient (Wildman–Crippen LogP) is 6.32. The number of hydrogen-bond donors (Lipinski definition) is 0. The first kappa shape index (κ1) is 42.4. The smallest absolute Gasteiger partial charge is 0.339 e. The molecular formula is C41H39F3N6O6S. The van der Waals surface area contributed by atoms with Gasteiger partial charge in [0.15, 0.2) is 11.9 Å². The molecule has 0 radical (unpaired) electrons. The van der Waals surface area contributed by atoms with Gasteiger partial charge >= 0.3 is 11.9 Å². The Labute approximate surface area is 332 Å². The van der Waals surface area contributed by atoms with Gasteiger partial charge in [0.2, 0.25) is 0 Å². The molecule has 16 heteroatoms. The second-order valence-corrected chi connectivity index (χ2v) is 14.9. The van der Waals surface area contributed by atoms with E-state index in [4.69, 9.17) is 24.2 Å². The molecule has 5 rings (SSSR count). The van der Waals surface area contributed by atoms with Gasteiger partial charge in [-0.25, -0.2) is 27.6 Å². The maximum atomic E-state index is 16.0. The molecule has 1 aromatic heterocycles. The SMILES string of the molecule is C[C@@H](S[C@H]1CO[C@H](C=CC=Cc2ccc(C#N)cc2F)OC1)[C@@](Cn1cncn1)(OC(=O)c1cc(C#N)ccc1COC(=O)CCN(C)C)c1ccc(F)cc1F. The number of nitrogens with zero attached hydrogens (tertiary/aromatic N) is 6. The van der Waals surface area contributed by atoms with Gasteiger partial charge in [0.05, 0.1) is 60.3 Å². The van der Waals surface area contributed by atoms with E-state index in [-0.39, 0.29) is 65.9 Å². The van der Waals surface area contributed by atoms with Crippen LogP contribution in [0.1, 0.15) is 51.5 Å². The molecule has 57 heavy (non-hydrogen) atoms. The number of aromatic nitrogens is 3. The highest BCUT2D eigenvalue weighted by molar-refractivity contribution is 8.00. The minimum Gasteiger partial charge on any atom is -0.461 e. The van der Waals surface area contributed by atoms with Crippen LogP contribution < -0.4 is 0 Å². The first-order valence-corrected chi connectivity index (χ1v) is 18.6. The average molecular weight is 801 g/mol. The largest absolute Gasteiger partial charge is 0.461 e. The first-order chi connectivity index (χ1) is 27.4. The fourth-order valence-electron chi connectivity index (χ4n) is 5.85. The molecule has 0 spiro atoms. The van der Waals surface area contributed by atoms with Crippen molar-refractivity contribution in [3.05, 3.63) is 136 Å². The van der Waals surface area contributed by atoms with Crippen molar-refractivity contribution in [3.8, 4) is 12.1 Å². The number of thioether (sulfide) groups is 1. The summed E-state index contributed by atoms with van der Waals surface area (Å²) in [4.78, 5) is 32.7. The zero-order valence-electron chi connectivity index (χ0n) is 31.3. The minimum atomic E-state index is -1.88. The molecule has 0 saturated carbocycles. The number of carbonyl (C=O) groups excluding carboxylic acids is 2. The summed E-state index contributed by atoms with van der Waals surface area (Å²) in [6.45, 7) is 1.95. The summed E-state index contributed by atoms with van der Waals surface area (Å²) in [5, 5.41) is 21.7. The van der Waals surface area contributed by atoms with E-state index in [9.17, 15) is 23.6 Å². The molecule has 2 atom stereocenters. The lowest BCUT2D eigenvalue weighted by atomic mass is 9.89. The third kappa shape index (κ3) is 11.4. The highest BCUT2D eigenvalue weighted by Crippen LogP contribution is 2.42. The third-order valence-corrected chi connectivity index (χ3v) is 10.3. The third-order valence-electron chi connectivity index (χ3n) is 8.87. The van der Waals surface area contributed by atoms with Gasteiger partial charge in [0.25, 0.3) is 0 Å². The van der Waals surface area contributed by atoms with E-state index in [0.717, 1.165) is 12.1 Å². The van der Waals surface area contributed by atoms with Gasteiger partial charge in [-0.2, -0.15) is 15.6 Å². The molecule has 1 fully saturated rings. The van der Waals surface area contributed by atoms with Crippen molar-refractivity contribution in [2.75, 3.05) is 33.9 Å². The second kappa shape index (κ2) is 19.9. The summed E-state index contributed by atoms with van der Waals surface area (Å²) in [7, 11) is 3.62. The van der Waals surface area contributed by atoms with Gasteiger partial charge in [-0.15, -0.1) is 11.8 Å². The van der Waals surface area contributed by atoms with Crippen LogP contribution in [0.3, 0.4) is 0 Å². The quantitative estimate of drug-likeness (QED) is 0.0921. The Morgan fingerprint density at radius 1 is 1.04 bits per heavy atom. The topological polar surface area (TPSA) is 153 Å². The number of ether oxygens (including phenoxy) is 4. The zero-order chi connectivity index (χ0) is 41.0. The monoisotopic (exact) mass is 800 g/mol. The van der Waals surface area contributed by atoms with Crippen LogP contribution in [0.2, 0.25) is 0 Å². The molecule has 3 aromatic carbocycles. The number of nitriles is 2. The standard InChI is InChI=1S/C41H39F3N6O6S/c1-27(57-33-22-54-39(55-23-33)7-5-4-6-30-10-8-29(20-46)17-36(30)43)41(24-50-26-47-25-48-50,35-13-12-32(42)18-37(35)44)56-40(52)34-16-28(19-45)9-11-31(34)21-53-38(51)14-15-49(2)3/h4-13,16-18,25-27,33,39H,14-15,21-24H2,1-3H3/t27-,33-,39-,41-/m1/s1. The van der Waals surface area contributed by atoms with Crippen molar-refractivity contribution in [2.24, 2.45) is 0 Å². The summed E-state index contributed by atoms with van der Waals surface area (Å²) in [5.41, 5.74) is -1.23. The fraction of sp³-hybridized carbons (Fsp3) is 0.317. The predicted molar refractivity (Wildman–Crippen MR) is 203 cm³/mol. The van der Waals surface area contributed by atoms with Crippen LogP contribution in [0.5, 0.6) is 0 Å². The minimum absolute atomic E-state index is 0.0907. The molecule has 4 aromatic rings. The molecular weight excluding hydrogens is 762 g/mol. The van der Waals surface area contributed by atoms with Crippen LogP contribution in [-0.2, 0) is 42.5 Å². The number of hydrogen-bond acceptors (Lipinski definition) is 12. The Balaban J connectivity index is 1.39. The van der Waals surface area contributed by atoms with Crippen molar-refractivity contribution in [2.45, 2.75) is 48.9 Å². The summed E-state index contributed by atoms with van der Waals surface area (Å²) in [6, 6.07) is 15.3. The normalized spacial score (nSPS) is 17.2. The summed E-state index contributed by atoms with van der Waals surface area (Å²) in [6.07, 6.45) is 8.42. The van der Waals surface area contributed by atoms with Gasteiger partial charge in [0, 0.05) is 34.6 Å². The molecule has 0 bridgehead atoms. The van der Waals surface area contributed by atoms with E-state index in [2.05, 4.69) is 10.1 Å². The summed E-state index contributed by atoms with van der Waals surface area (Å²) >= 11 is 1.28. The van der Waals surface area contributed by atoms with Crippen molar-refractivity contribution in [1.82, 2.24) is 19.7 Å². The number of carbonyl (C=O) groups is 2. The van der Waals surface area contributed by atoms with Crippen LogP contribution in [-0.4, -0.2) is 82.2 Å². The molecule has 1 saturated heterocycles. The molecule has 0 unspecified atom stereocenters. The Morgan fingerprint density at radius 3 is 2.44 bits per heavy atom. The van der Waals surface area contributed by atoms with Crippen LogP contribution in [0.4, 0.5) is 13.2 Å².